The molecule has 1 saturated heterocycles. The van der Waals surface area contributed by atoms with Gasteiger partial charge in [0.05, 0.1) is 28.0 Å². The van der Waals surface area contributed by atoms with Gasteiger partial charge in [-0.15, -0.1) is 0 Å². The number of anilines is 1. The molecule has 2 atom stereocenters. The third kappa shape index (κ3) is 4.77. The fourth-order valence-electron chi connectivity index (χ4n) is 2.69. The average Bonchev–Trinajstić information content (AvgIpc) is 2.60. The van der Waals surface area contributed by atoms with Gasteiger partial charge in [-0.05, 0) is 32.0 Å². The van der Waals surface area contributed by atoms with Gasteiger partial charge in [0.15, 0.2) is 0 Å². The summed E-state index contributed by atoms with van der Waals surface area (Å²) in [4.78, 5) is 9.90. The Balaban J connectivity index is 1.65. The second kappa shape index (κ2) is 8.56. The van der Waals surface area contributed by atoms with E-state index in [-0.39, 0.29) is 12.0 Å². The predicted molar refractivity (Wildman–Crippen MR) is 103 cm³/mol. The molecule has 0 spiro atoms. The van der Waals surface area contributed by atoms with Crippen LogP contribution < -0.4 is 10.6 Å². The van der Waals surface area contributed by atoms with Crippen LogP contribution in [0, 0.1) is 12.8 Å². The van der Waals surface area contributed by atoms with E-state index in [0.717, 1.165) is 28.6 Å². The van der Waals surface area contributed by atoms with Gasteiger partial charge in [0.2, 0.25) is 0 Å². The summed E-state index contributed by atoms with van der Waals surface area (Å²) in [7, 11) is 0. The third-order valence-electron chi connectivity index (χ3n) is 4.16. The topological polar surface area (TPSA) is 70.1 Å². The van der Waals surface area contributed by atoms with Crippen molar-refractivity contribution in [1.82, 2.24) is 15.3 Å². The van der Waals surface area contributed by atoms with Crippen molar-refractivity contribution in [2.24, 2.45) is 5.92 Å². The highest BCUT2D eigenvalue weighted by Crippen LogP contribution is 2.37. The molecule has 2 aromatic rings. The number of halogens is 2. The van der Waals surface area contributed by atoms with E-state index in [4.69, 9.17) is 23.2 Å². The molecule has 1 aliphatic rings. The summed E-state index contributed by atoms with van der Waals surface area (Å²) in [6.07, 6.45) is 2.33. The number of aromatic nitrogens is 2. The van der Waals surface area contributed by atoms with E-state index in [1.165, 1.54) is 11.8 Å². The van der Waals surface area contributed by atoms with Gasteiger partial charge in [-0.25, -0.2) is 9.97 Å². The molecule has 8 heteroatoms. The number of hydrogen-bond donors (Lipinski definition) is 3. The van der Waals surface area contributed by atoms with Gasteiger partial charge in [0.1, 0.15) is 10.8 Å². The molecule has 3 rings (SSSR count). The standard InChI is InChI=1S/C17H20Cl2N4OS/c1-10-17(25-14-4-2-3-12(18)16(14)19)22-9-15(23-10)21-7-11-5-6-20-8-13(11)24/h2-4,9,11,13,20,24H,5-8H2,1H3,(H,21,23)/t11-,13-/m0/s1. The highest BCUT2D eigenvalue weighted by atomic mass is 35.5. The van der Waals surface area contributed by atoms with E-state index in [0.29, 0.717) is 29.0 Å². The van der Waals surface area contributed by atoms with Crippen LogP contribution in [0.25, 0.3) is 0 Å². The lowest BCUT2D eigenvalue weighted by atomic mass is 9.95. The fourth-order valence-corrected chi connectivity index (χ4v) is 4.02. The van der Waals surface area contributed by atoms with Crippen molar-refractivity contribution in [1.29, 1.82) is 0 Å². The molecule has 25 heavy (non-hydrogen) atoms. The van der Waals surface area contributed by atoms with Crippen molar-refractivity contribution in [3.8, 4) is 0 Å². The summed E-state index contributed by atoms with van der Waals surface area (Å²) in [6.45, 7) is 4.18. The fraction of sp³-hybridized carbons (Fsp3) is 0.412. The number of nitrogens with zero attached hydrogens (tertiary/aromatic N) is 2. The number of benzene rings is 1. The van der Waals surface area contributed by atoms with Crippen LogP contribution in [0.5, 0.6) is 0 Å². The van der Waals surface area contributed by atoms with Crippen LogP contribution in [-0.2, 0) is 0 Å². The molecular formula is C17H20Cl2N4OS. The van der Waals surface area contributed by atoms with E-state index in [2.05, 4.69) is 20.6 Å². The highest BCUT2D eigenvalue weighted by molar-refractivity contribution is 7.99. The SMILES string of the molecule is Cc1nc(NC[C@@H]2CCNC[C@@H]2O)cnc1Sc1cccc(Cl)c1Cl. The van der Waals surface area contributed by atoms with Crippen molar-refractivity contribution in [3.05, 3.63) is 40.1 Å². The van der Waals surface area contributed by atoms with Crippen molar-refractivity contribution < 1.29 is 5.11 Å². The Bertz CT molecular complexity index is 747. The zero-order chi connectivity index (χ0) is 17.8. The van der Waals surface area contributed by atoms with Gasteiger partial charge in [-0.3, -0.25) is 0 Å². The van der Waals surface area contributed by atoms with Crippen molar-refractivity contribution >= 4 is 40.8 Å². The zero-order valence-corrected chi connectivity index (χ0v) is 16.1. The average molecular weight is 399 g/mol. The Labute approximate surface area is 161 Å². The largest absolute Gasteiger partial charge is 0.391 e. The molecule has 3 N–H and O–H groups in total. The quantitative estimate of drug-likeness (QED) is 0.714. The maximum Gasteiger partial charge on any atom is 0.144 e. The number of aliphatic hydroxyl groups is 1. The Hall–Kier alpha value is -1.05. The molecule has 0 unspecified atom stereocenters. The maximum absolute atomic E-state index is 9.99. The van der Waals surface area contributed by atoms with Crippen LogP contribution in [-0.4, -0.2) is 40.8 Å². The Morgan fingerprint density at radius 3 is 3.00 bits per heavy atom. The first-order valence-electron chi connectivity index (χ1n) is 8.12. The van der Waals surface area contributed by atoms with Gasteiger partial charge in [-0.2, -0.15) is 0 Å². The molecule has 5 nitrogen and oxygen atoms in total. The number of hydrogen-bond acceptors (Lipinski definition) is 6. The van der Waals surface area contributed by atoms with Crippen LogP contribution >= 0.6 is 35.0 Å². The second-order valence-corrected chi connectivity index (χ2v) is 7.82. The van der Waals surface area contributed by atoms with Crippen LogP contribution in [0.4, 0.5) is 5.82 Å². The van der Waals surface area contributed by atoms with E-state index >= 15 is 0 Å². The van der Waals surface area contributed by atoms with E-state index in [9.17, 15) is 5.11 Å². The van der Waals surface area contributed by atoms with Gasteiger partial charge >= 0.3 is 0 Å². The monoisotopic (exact) mass is 398 g/mol. The molecule has 0 aliphatic carbocycles. The maximum atomic E-state index is 9.99. The second-order valence-electron chi connectivity index (χ2n) is 6.00. The summed E-state index contributed by atoms with van der Waals surface area (Å²) in [5.41, 5.74) is 0.817. The van der Waals surface area contributed by atoms with Gasteiger partial charge < -0.3 is 15.7 Å². The Morgan fingerprint density at radius 2 is 2.24 bits per heavy atom. The number of aryl methyl sites for hydroxylation is 1. The zero-order valence-electron chi connectivity index (χ0n) is 13.8. The van der Waals surface area contributed by atoms with Crippen molar-refractivity contribution in [3.63, 3.8) is 0 Å². The van der Waals surface area contributed by atoms with Crippen molar-refractivity contribution in [2.75, 3.05) is 25.0 Å². The molecule has 134 valence electrons. The molecule has 0 saturated carbocycles. The smallest absolute Gasteiger partial charge is 0.144 e. The first-order valence-corrected chi connectivity index (χ1v) is 9.70. The summed E-state index contributed by atoms with van der Waals surface area (Å²) < 4.78 is 0. The Morgan fingerprint density at radius 1 is 1.40 bits per heavy atom. The molecule has 1 aliphatic heterocycles. The lowest BCUT2D eigenvalue weighted by molar-refractivity contribution is 0.0883. The molecule has 1 fully saturated rings. The Kier molecular flexibility index (Phi) is 6.41. The summed E-state index contributed by atoms with van der Waals surface area (Å²) in [5.74, 6) is 0.937. The minimum absolute atomic E-state index is 0.225. The molecule has 0 amide bonds. The molecule has 1 aromatic heterocycles. The van der Waals surface area contributed by atoms with Gasteiger partial charge in [0, 0.05) is 23.9 Å². The summed E-state index contributed by atoms with van der Waals surface area (Å²) in [6, 6.07) is 5.53. The normalized spacial score (nSPS) is 20.5. The number of aliphatic hydroxyl groups excluding tert-OH is 1. The number of β-amino-alcohol motifs (C(OH)–C–C–N with tert-alkyl or cyclic N) is 1. The van der Waals surface area contributed by atoms with Crippen molar-refractivity contribution in [2.45, 2.75) is 29.4 Å². The van der Waals surface area contributed by atoms with E-state index in [1.54, 1.807) is 12.3 Å². The first-order chi connectivity index (χ1) is 12.0. The van der Waals surface area contributed by atoms with Crippen LogP contribution in [0.15, 0.2) is 34.3 Å². The van der Waals surface area contributed by atoms with Crippen LogP contribution in [0.2, 0.25) is 10.0 Å². The number of nitrogens with one attached hydrogen (secondary N) is 2. The van der Waals surface area contributed by atoms with E-state index < -0.39 is 0 Å². The number of piperidine rings is 1. The molecule has 0 radical (unpaired) electrons. The van der Waals surface area contributed by atoms with Crippen LogP contribution in [0.3, 0.4) is 0 Å². The summed E-state index contributed by atoms with van der Waals surface area (Å²) >= 11 is 13.7. The van der Waals surface area contributed by atoms with Gasteiger partial charge in [0.25, 0.3) is 0 Å². The minimum Gasteiger partial charge on any atom is -0.391 e. The molecule has 0 bridgehead atoms. The molecule has 1 aromatic carbocycles. The highest BCUT2D eigenvalue weighted by Gasteiger charge is 2.22. The summed E-state index contributed by atoms with van der Waals surface area (Å²) in [5, 5.41) is 18.3. The predicted octanol–water partition coefficient (Wildman–Crippen LogP) is 3.63. The van der Waals surface area contributed by atoms with E-state index in [1.807, 2.05) is 19.1 Å². The lowest BCUT2D eigenvalue weighted by Gasteiger charge is -2.28. The van der Waals surface area contributed by atoms with Crippen LogP contribution in [0.1, 0.15) is 12.1 Å². The van der Waals surface area contributed by atoms with Gasteiger partial charge in [-0.1, -0.05) is 41.0 Å². The number of rotatable bonds is 5. The lowest BCUT2D eigenvalue weighted by Crippen LogP contribution is -2.43. The third-order valence-corrected chi connectivity index (χ3v) is 6.24. The molecule has 2 heterocycles. The minimum atomic E-state index is -0.324. The first kappa shape index (κ1) is 18.7. The molecular weight excluding hydrogens is 379 g/mol.